The Morgan fingerprint density at radius 2 is 2.00 bits per heavy atom. The van der Waals surface area contributed by atoms with Crippen LogP contribution in [0.15, 0.2) is 23.0 Å². The summed E-state index contributed by atoms with van der Waals surface area (Å²) in [6.07, 6.45) is 1.88. The van der Waals surface area contributed by atoms with Crippen molar-refractivity contribution in [3.8, 4) is 0 Å². The fourth-order valence-electron chi connectivity index (χ4n) is 3.40. The summed E-state index contributed by atoms with van der Waals surface area (Å²) >= 11 is 9.18. The predicted molar refractivity (Wildman–Crippen MR) is 105 cm³/mol. The zero-order valence-electron chi connectivity index (χ0n) is 13.8. The number of fused-ring (bicyclic) bond motifs is 1. The van der Waals surface area contributed by atoms with E-state index in [0.717, 1.165) is 24.3 Å². The highest BCUT2D eigenvalue weighted by atomic mass is 35.5. The van der Waals surface area contributed by atoms with E-state index in [1.807, 2.05) is 16.4 Å². The fourth-order valence-corrected chi connectivity index (χ4v) is 5.78. The Hall–Kier alpha value is -1.38. The van der Waals surface area contributed by atoms with Crippen molar-refractivity contribution < 1.29 is 9.18 Å². The summed E-state index contributed by atoms with van der Waals surface area (Å²) in [6, 6.07) is 4.60. The van der Waals surface area contributed by atoms with Gasteiger partial charge in [-0.15, -0.1) is 11.8 Å². The molecule has 1 atom stereocenters. The maximum atomic E-state index is 13.6. The number of hydrogen-bond acceptors (Lipinski definition) is 4. The molecular weight excluding hydrogens is 397 g/mol. The Balaban J connectivity index is 1.82. The molecule has 1 amide bonds. The SMILES string of the molecule is O=C1CS[C@@H](c2ccc(F)c(Cl)c2)c2c(n(C3CCSCC3)[nH]c2=O)N1. The van der Waals surface area contributed by atoms with Crippen LogP contribution in [0.5, 0.6) is 0 Å². The number of carbonyl (C=O) groups is 1. The van der Waals surface area contributed by atoms with Gasteiger partial charge in [-0.3, -0.25) is 19.4 Å². The Morgan fingerprint density at radius 3 is 2.73 bits per heavy atom. The van der Waals surface area contributed by atoms with Gasteiger partial charge in [0, 0.05) is 0 Å². The number of thioether (sulfide) groups is 2. The first-order valence-corrected chi connectivity index (χ1v) is 10.9. The van der Waals surface area contributed by atoms with E-state index in [1.165, 1.54) is 23.9 Å². The number of hydrogen-bond donors (Lipinski definition) is 2. The third-order valence-corrected chi connectivity index (χ3v) is 7.27. The number of aromatic amines is 1. The molecule has 2 aliphatic rings. The highest BCUT2D eigenvalue weighted by Crippen LogP contribution is 2.42. The molecule has 138 valence electrons. The van der Waals surface area contributed by atoms with Gasteiger partial charge >= 0.3 is 0 Å². The van der Waals surface area contributed by atoms with E-state index in [2.05, 4.69) is 10.4 Å². The molecule has 2 aromatic rings. The molecule has 0 bridgehead atoms. The van der Waals surface area contributed by atoms with Crippen LogP contribution in [0.4, 0.5) is 10.2 Å². The molecule has 0 spiro atoms. The molecule has 0 aliphatic carbocycles. The van der Waals surface area contributed by atoms with Gasteiger partial charge in [0.1, 0.15) is 11.6 Å². The standard InChI is InChI=1S/C17H17ClFN3O2S2/c18-11-7-9(1-2-12(11)19)15-14-16(20-13(23)8-26-15)22(21-17(14)24)10-3-5-25-6-4-10/h1-2,7,10,15H,3-6,8H2,(H,20,23)(H,21,24)/t15-/m0/s1. The fraction of sp³-hybridized carbons (Fsp3) is 0.412. The number of H-pyrrole nitrogens is 1. The second kappa shape index (κ2) is 7.32. The summed E-state index contributed by atoms with van der Waals surface area (Å²) in [5.74, 6) is 2.15. The predicted octanol–water partition coefficient (Wildman–Crippen LogP) is 3.81. The molecule has 0 radical (unpaired) electrons. The normalized spacial score (nSPS) is 21.2. The van der Waals surface area contributed by atoms with Crippen molar-refractivity contribution >= 4 is 46.8 Å². The smallest absolute Gasteiger partial charge is 0.270 e. The molecule has 5 nitrogen and oxygen atoms in total. The van der Waals surface area contributed by atoms with Crippen LogP contribution in [-0.2, 0) is 4.79 Å². The lowest BCUT2D eigenvalue weighted by molar-refractivity contribution is -0.113. The van der Waals surface area contributed by atoms with E-state index >= 15 is 0 Å². The van der Waals surface area contributed by atoms with Crippen molar-refractivity contribution in [2.24, 2.45) is 0 Å². The Bertz CT molecular complexity index is 908. The molecular formula is C17H17ClFN3O2S2. The van der Waals surface area contributed by atoms with Crippen LogP contribution < -0.4 is 10.9 Å². The molecule has 2 aliphatic heterocycles. The van der Waals surface area contributed by atoms with Gasteiger partial charge in [0.25, 0.3) is 5.56 Å². The third kappa shape index (κ3) is 3.30. The number of anilines is 1. The van der Waals surface area contributed by atoms with Gasteiger partial charge in [0.2, 0.25) is 5.91 Å². The minimum absolute atomic E-state index is 0.00773. The molecule has 0 saturated carbocycles. The van der Waals surface area contributed by atoms with E-state index in [-0.39, 0.29) is 33.5 Å². The zero-order valence-corrected chi connectivity index (χ0v) is 16.1. The number of aromatic nitrogens is 2. The van der Waals surface area contributed by atoms with Gasteiger partial charge < -0.3 is 5.32 Å². The van der Waals surface area contributed by atoms with Crippen molar-refractivity contribution in [2.75, 3.05) is 22.6 Å². The summed E-state index contributed by atoms with van der Waals surface area (Å²) in [5.41, 5.74) is 0.988. The topological polar surface area (TPSA) is 66.9 Å². The first-order valence-electron chi connectivity index (χ1n) is 8.33. The van der Waals surface area contributed by atoms with E-state index < -0.39 is 5.82 Å². The molecule has 1 fully saturated rings. The van der Waals surface area contributed by atoms with Crippen molar-refractivity contribution in [3.05, 3.63) is 50.5 Å². The van der Waals surface area contributed by atoms with Crippen molar-refractivity contribution in [1.82, 2.24) is 9.78 Å². The largest absolute Gasteiger partial charge is 0.310 e. The van der Waals surface area contributed by atoms with E-state index in [1.54, 1.807) is 6.07 Å². The van der Waals surface area contributed by atoms with Crippen LogP contribution >= 0.6 is 35.1 Å². The van der Waals surface area contributed by atoms with Gasteiger partial charge in [0.15, 0.2) is 0 Å². The molecule has 4 rings (SSSR count). The van der Waals surface area contributed by atoms with Crippen LogP contribution in [-0.4, -0.2) is 32.9 Å². The van der Waals surface area contributed by atoms with Crippen LogP contribution in [0.25, 0.3) is 0 Å². The molecule has 3 heterocycles. The van der Waals surface area contributed by atoms with Crippen LogP contribution in [0.2, 0.25) is 5.02 Å². The van der Waals surface area contributed by atoms with E-state index in [0.29, 0.717) is 16.9 Å². The van der Waals surface area contributed by atoms with Gasteiger partial charge in [-0.05, 0) is 42.0 Å². The van der Waals surface area contributed by atoms with Crippen molar-refractivity contribution in [2.45, 2.75) is 24.1 Å². The Labute approximate surface area is 163 Å². The van der Waals surface area contributed by atoms with Crippen LogP contribution in [0.3, 0.4) is 0 Å². The molecule has 26 heavy (non-hydrogen) atoms. The molecule has 0 unspecified atom stereocenters. The van der Waals surface area contributed by atoms with Crippen molar-refractivity contribution in [3.63, 3.8) is 0 Å². The van der Waals surface area contributed by atoms with Crippen LogP contribution in [0.1, 0.15) is 35.3 Å². The van der Waals surface area contributed by atoms with Crippen LogP contribution in [0, 0.1) is 5.82 Å². The summed E-state index contributed by atoms with van der Waals surface area (Å²) < 4.78 is 15.4. The first-order chi connectivity index (χ1) is 12.5. The number of rotatable bonds is 2. The molecule has 1 saturated heterocycles. The lowest BCUT2D eigenvalue weighted by Gasteiger charge is -2.24. The van der Waals surface area contributed by atoms with Crippen molar-refractivity contribution in [1.29, 1.82) is 0 Å². The van der Waals surface area contributed by atoms with Gasteiger partial charge in [-0.2, -0.15) is 11.8 Å². The summed E-state index contributed by atoms with van der Waals surface area (Å²) in [4.78, 5) is 25.0. The number of nitrogens with one attached hydrogen (secondary N) is 2. The lowest BCUT2D eigenvalue weighted by atomic mass is 10.1. The summed E-state index contributed by atoms with van der Waals surface area (Å²) in [5, 5.41) is 5.43. The maximum absolute atomic E-state index is 13.6. The average molecular weight is 414 g/mol. The highest BCUT2D eigenvalue weighted by molar-refractivity contribution is 8.00. The lowest BCUT2D eigenvalue weighted by Crippen LogP contribution is -2.22. The minimum Gasteiger partial charge on any atom is -0.310 e. The number of benzene rings is 1. The minimum atomic E-state index is -0.505. The molecule has 1 aromatic carbocycles. The van der Waals surface area contributed by atoms with Gasteiger partial charge in [-0.25, -0.2) is 4.39 Å². The highest BCUT2D eigenvalue weighted by Gasteiger charge is 2.32. The maximum Gasteiger partial charge on any atom is 0.270 e. The van der Waals surface area contributed by atoms with E-state index in [9.17, 15) is 14.0 Å². The number of amides is 1. The van der Waals surface area contributed by atoms with Gasteiger partial charge in [-0.1, -0.05) is 17.7 Å². The second-order valence-corrected chi connectivity index (χ2v) is 9.05. The monoisotopic (exact) mass is 413 g/mol. The number of nitrogens with zero attached hydrogens (tertiary/aromatic N) is 1. The second-order valence-electron chi connectivity index (χ2n) is 6.33. The zero-order chi connectivity index (χ0) is 18.3. The Kier molecular flexibility index (Phi) is 5.07. The third-order valence-electron chi connectivity index (χ3n) is 4.67. The molecule has 9 heteroatoms. The molecule has 2 N–H and O–H groups in total. The molecule has 1 aromatic heterocycles. The number of carbonyl (C=O) groups excluding carboxylic acids is 1. The first kappa shape index (κ1) is 18.0. The average Bonchev–Trinajstić information content (AvgIpc) is 2.84. The number of halogens is 2. The summed E-state index contributed by atoms with van der Waals surface area (Å²) in [7, 11) is 0. The quantitative estimate of drug-likeness (QED) is 0.785. The Morgan fingerprint density at radius 1 is 1.23 bits per heavy atom. The summed E-state index contributed by atoms with van der Waals surface area (Å²) in [6.45, 7) is 0. The van der Waals surface area contributed by atoms with Gasteiger partial charge in [0.05, 0.1) is 27.6 Å². The van der Waals surface area contributed by atoms with E-state index in [4.69, 9.17) is 11.6 Å².